The van der Waals surface area contributed by atoms with Crippen LogP contribution in [0.2, 0.25) is 5.02 Å². The van der Waals surface area contributed by atoms with Crippen molar-refractivity contribution < 1.29 is 0 Å². The van der Waals surface area contributed by atoms with E-state index >= 15 is 0 Å². The second kappa shape index (κ2) is 4.51. The van der Waals surface area contributed by atoms with Gasteiger partial charge in [-0.25, -0.2) is 0 Å². The maximum Gasteiger partial charge on any atom is 0.0737 e. The van der Waals surface area contributed by atoms with Crippen molar-refractivity contribution in [2.24, 2.45) is 5.73 Å². The number of benzene rings is 1. The molecule has 17 heavy (non-hydrogen) atoms. The predicted molar refractivity (Wildman–Crippen MR) is 73.5 cm³/mol. The zero-order chi connectivity index (χ0) is 12.5. The van der Waals surface area contributed by atoms with Crippen molar-refractivity contribution in [1.82, 2.24) is 4.98 Å². The second-order valence-electron chi connectivity index (χ2n) is 4.73. The Morgan fingerprint density at radius 2 is 2.12 bits per heavy atom. The third kappa shape index (κ3) is 2.68. The van der Waals surface area contributed by atoms with Gasteiger partial charge < -0.3 is 11.1 Å². The molecule has 0 atom stereocenters. The van der Waals surface area contributed by atoms with Crippen LogP contribution in [0.3, 0.4) is 0 Å². The lowest BCUT2D eigenvalue weighted by atomic mass is 10.0. The number of rotatable bonds is 3. The number of hydrogen-bond donors (Lipinski definition) is 2. The van der Waals surface area contributed by atoms with Gasteiger partial charge in [-0.3, -0.25) is 4.98 Å². The highest BCUT2D eigenvalue weighted by molar-refractivity contribution is 6.31. The van der Waals surface area contributed by atoms with Gasteiger partial charge in [0.1, 0.15) is 0 Å². The molecule has 0 radical (unpaired) electrons. The van der Waals surface area contributed by atoms with Gasteiger partial charge in [-0.1, -0.05) is 11.6 Å². The number of fused-ring (bicyclic) bond motifs is 1. The molecule has 2 rings (SSSR count). The molecule has 0 unspecified atom stereocenters. The lowest BCUT2D eigenvalue weighted by Crippen LogP contribution is -2.39. The van der Waals surface area contributed by atoms with Crippen LogP contribution in [0.5, 0.6) is 0 Å². The first-order valence-electron chi connectivity index (χ1n) is 5.54. The molecule has 0 saturated heterocycles. The van der Waals surface area contributed by atoms with Gasteiger partial charge in [0.2, 0.25) is 0 Å². The highest BCUT2D eigenvalue weighted by Gasteiger charge is 2.16. The van der Waals surface area contributed by atoms with Crippen molar-refractivity contribution in [3.8, 4) is 0 Å². The molecule has 1 heterocycles. The number of anilines is 1. The summed E-state index contributed by atoms with van der Waals surface area (Å²) in [5.74, 6) is 0. The predicted octanol–water partition coefficient (Wildman–Crippen LogP) is 3.04. The lowest BCUT2D eigenvalue weighted by molar-refractivity contribution is 0.581. The number of nitrogens with zero attached hydrogens (tertiary/aromatic N) is 1. The van der Waals surface area contributed by atoms with Crippen LogP contribution >= 0.6 is 11.6 Å². The third-order valence-electron chi connectivity index (χ3n) is 2.69. The fourth-order valence-corrected chi connectivity index (χ4v) is 1.81. The summed E-state index contributed by atoms with van der Waals surface area (Å²) in [7, 11) is 0. The molecule has 3 nitrogen and oxygen atoms in total. The van der Waals surface area contributed by atoms with Gasteiger partial charge in [-0.15, -0.1) is 0 Å². The summed E-state index contributed by atoms with van der Waals surface area (Å²) in [6, 6.07) is 7.65. The van der Waals surface area contributed by atoms with Gasteiger partial charge >= 0.3 is 0 Å². The Hall–Kier alpha value is -1.32. The first-order valence-corrected chi connectivity index (χ1v) is 5.92. The van der Waals surface area contributed by atoms with E-state index in [-0.39, 0.29) is 5.54 Å². The average molecular weight is 250 g/mol. The van der Waals surface area contributed by atoms with Gasteiger partial charge in [0.15, 0.2) is 0 Å². The molecule has 0 saturated carbocycles. The molecule has 1 aromatic carbocycles. The summed E-state index contributed by atoms with van der Waals surface area (Å²) in [4.78, 5) is 4.30. The quantitative estimate of drug-likeness (QED) is 0.879. The van der Waals surface area contributed by atoms with Crippen LogP contribution in [0.15, 0.2) is 30.5 Å². The van der Waals surface area contributed by atoms with E-state index in [9.17, 15) is 0 Å². The summed E-state index contributed by atoms with van der Waals surface area (Å²) in [5, 5.41) is 5.17. The van der Waals surface area contributed by atoms with Crippen molar-refractivity contribution in [2.75, 3.05) is 11.9 Å². The fraction of sp³-hybridized carbons (Fsp3) is 0.308. The molecule has 2 aromatic rings. The molecular weight excluding hydrogens is 234 g/mol. The van der Waals surface area contributed by atoms with E-state index in [2.05, 4.69) is 24.1 Å². The van der Waals surface area contributed by atoms with Crippen LogP contribution in [-0.2, 0) is 0 Å². The zero-order valence-corrected chi connectivity index (χ0v) is 10.8. The Labute approximate surface area is 106 Å². The van der Waals surface area contributed by atoms with E-state index in [0.717, 1.165) is 16.6 Å². The Bertz CT molecular complexity index is 537. The molecule has 4 heteroatoms. The number of nitrogens with two attached hydrogens (primary N) is 1. The number of pyridine rings is 1. The minimum absolute atomic E-state index is 0.145. The molecule has 90 valence electrons. The smallest absolute Gasteiger partial charge is 0.0737 e. The monoisotopic (exact) mass is 249 g/mol. The molecule has 0 aliphatic rings. The van der Waals surface area contributed by atoms with Crippen molar-refractivity contribution in [2.45, 2.75) is 19.4 Å². The number of halogens is 1. The van der Waals surface area contributed by atoms with Gasteiger partial charge in [0.25, 0.3) is 0 Å². The van der Waals surface area contributed by atoms with Crippen LogP contribution in [0.4, 0.5) is 5.69 Å². The molecule has 0 spiro atoms. The highest BCUT2D eigenvalue weighted by atomic mass is 35.5. The standard InChI is InChI=1S/C13H16ClN3/c1-13(2,8-15)17-11-5-6-16-12-7-9(14)3-4-10(11)12/h3-7H,8,15H2,1-2H3,(H,16,17). The highest BCUT2D eigenvalue weighted by Crippen LogP contribution is 2.26. The average Bonchev–Trinajstić information content (AvgIpc) is 2.28. The second-order valence-corrected chi connectivity index (χ2v) is 5.17. The van der Waals surface area contributed by atoms with Crippen molar-refractivity contribution in [3.05, 3.63) is 35.5 Å². The van der Waals surface area contributed by atoms with E-state index in [1.807, 2.05) is 24.3 Å². The lowest BCUT2D eigenvalue weighted by Gasteiger charge is -2.26. The number of aromatic nitrogens is 1. The van der Waals surface area contributed by atoms with Crippen LogP contribution in [0, 0.1) is 0 Å². The maximum atomic E-state index is 5.95. The largest absolute Gasteiger partial charge is 0.378 e. The SMILES string of the molecule is CC(C)(CN)Nc1ccnc2cc(Cl)ccc12. The van der Waals surface area contributed by atoms with E-state index in [1.54, 1.807) is 6.20 Å². The molecule has 3 N–H and O–H groups in total. The Morgan fingerprint density at radius 3 is 2.82 bits per heavy atom. The van der Waals surface area contributed by atoms with E-state index < -0.39 is 0 Å². The molecular formula is C13H16ClN3. The molecule has 0 bridgehead atoms. The minimum Gasteiger partial charge on any atom is -0.378 e. The van der Waals surface area contributed by atoms with Crippen LogP contribution < -0.4 is 11.1 Å². The van der Waals surface area contributed by atoms with Gasteiger partial charge in [-0.2, -0.15) is 0 Å². The molecule has 0 fully saturated rings. The summed E-state index contributed by atoms with van der Waals surface area (Å²) in [6.45, 7) is 4.69. The van der Waals surface area contributed by atoms with E-state index in [4.69, 9.17) is 17.3 Å². The maximum absolute atomic E-state index is 5.95. The topological polar surface area (TPSA) is 50.9 Å². The van der Waals surface area contributed by atoms with Gasteiger partial charge in [-0.05, 0) is 38.1 Å². The molecule has 0 amide bonds. The Kier molecular flexibility index (Phi) is 3.22. The van der Waals surface area contributed by atoms with Gasteiger partial charge in [0, 0.05) is 34.4 Å². The van der Waals surface area contributed by atoms with Crippen molar-refractivity contribution >= 4 is 28.2 Å². The van der Waals surface area contributed by atoms with E-state index in [1.165, 1.54) is 0 Å². The third-order valence-corrected chi connectivity index (χ3v) is 2.92. The first kappa shape index (κ1) is 12.1. The molecule has 1 aromatic heterocycles. The summed E-state index contributed by atoms with van der Waals surface area (Å²) in [6.07, 6.45) is 1.77. The van der Waals surface area contributed by atoms with Crippen LogP contribution in [0.25, 0.3) is 10.9 Å². The van der Waals surface area contributed by atoms with Gasteiger partial charge in [0.05, 0.1) is 5.52 Å². The zero-order valence-electron chi connectivity index (χ0n) is 10.00. The van der Waals surface area contributed by atoms with Crippen LogP contribution in [-0.4, -0.2) is 17.1 Å². The van der Waals surface area contributed by atoms with Crippen molar-refractivity contribution in [1.29, 1.82) is 0 Å². The Balaban J connectivity index is 2.48. The first-order chi connectivity index (χ1) is 8.02. The summed E-state index contributed by atoms with van der Waals surface area (Å²) < 4.78 is 0. The van der Waals surface area contributed by atoms with E-state index in [0.29, 0.717) is 11.6 Å². The minimum atomic E-state index is -0.145. The summed E-state index contributed by atoms with van der Waals surface area (Å²) >= 11 is 5.95. The number of hydrogen-bond acceptors (Lipinski definition) is 3. The fourth-order valence-electron chi connectivity index (χ4n) is 1.65. The summed E-state index contributed by atoms with van der Waals surface area (Å²) in [5.41, 5.74) is 7.49. The van der Waals surface area contributed by atoms with Crippen LogP contribution in [0.1, 0.15) is 13.8 Å². The molecule has 0 aliphatic heterocycles. The normalized spacial score (nSPS) is 11.8. The Morgan fingerprint density at radius 1 is 1.35 bits per heavy atom. The molecule has 0 aliphatic carbocycles. The number of nitrogens with one attached hydrogen (secondary N) is 1. The van der Waals surface area contributed by atoms with Crippen molar-refractivity contribution in [3.63, 3.8) is 0 Å².